The molecule has 1 atom stereocenters. The van der Waals surface area contributed by atoms with E-state index in [2.05, 4.69) is 24.1 Å². The van der Waals surface area contributed by atoms with Crippen LogP contribution in [0.5, 0.6) is 0 Å². The SMILES string of the molecule is CC[C@H](C)Sc1nc2ccc(NC(=O)/C=C\C(=O)O)cc2s1. The number of carboxylic acid groups (broad SMARTS) is 1. The van der Waals surface area contributed by atoms with Crippen LogP contribution in [0.3, 0.4) is 0 Å². The van der Waals surface area contributed by atoms with Crippen molar-refractivity contribution in [1.82, 2.24) is 4.98 Å². The molecule has 5 nitrogen and oxygen atoms in total. The van der Waals surface area contributed by atoms with Gasteiger partial charge in [0.05, 0.1) is 10.2 Å². The third-order valence-electron chi connectivity index (χ3n) is 2.89. The summed E-state index contributed by atoms with van der Waals surface area (Å²) >= 11 is 3.33. The van der Waals surface area contributed by atoms with Gasteiger partial charge in [0.2, 0.25) is 5.91 Å². The predicted octanol–water partition coefficient (Wildman–Crippen LogP) is 3.77. The predicted molar refractivity (Wildman–Crippen MR) is 90.6 cm³/mol. The summed E-state index contributed by atoms with van der Waals surface area (Å²) in [5.74, 6) is -1.62. The number of nitrogens with zero attached hydrogens (tertiary/aromatic N) is 1. The van der Waals surface area contributed by atoms with Crippen molar-refractivity contribution >= 4 is 50.9 Å². The van der Waals surface area contributed by atoms with E-state index in [0.717, 1.165) is 33.1 Å². The summed E-state index contributed by atoms with van der Waals surface area (Å²) in [5.41, 5.74) is 1.52. The van der Waals surface area contributed by atoms with Crippen LogP contribution in [0, 0.1) is 0 Å². The average molecular weight is 336 g/mol. The first kappa shape index (κ1) is 16.5. The van der Waals surface area contributed by atoms with Crippen LogP contribution in [-0.4, -0.2) is 27.2 Å². The van der Waals surface area contributed by atoms with Crippen molar-refractivity contribution in [2.45, 2.75) is 29.9 Å². The van der Waals surface area contributed by atoms with Gasteiger partial charge in [0.15, 0.2) is 4.34 Å². The van der Waals surface area contributed by atoms with E-state index in [-0.39, 0.29) is 0 Å². The van der Waals surface area contributed by atoms with Gasteiger partial charge in [-0.05, 0) is 24.6 Å². The van der Waals surface area contributed by atoms with Gasteiger partial charge in [-0.2, -0.15) is 0 Å². The highest BCUT2D eigenvalue weighted by molar-refractivity contribution is 8.01. The second-order valence-corrected chi connectivity index (χ2v) is 7.38. The Morgan fingerprint density at radius 2 is 2.23 bits per heavy atom. The van der Waals surface area contributed by atoms with Crippen LogP contribution in [0.15, 0.2) is 34.7 Å². The highest BCUT2D eigenvalue weighted by Crippen LogP contribution is 2.34. The highest BCUT2D eigenvalue weighted by Gasteiger charge is 2.09. The largest absolute Gasteiger partial charge is 0.478 e. The number of nitrogens with one attached hydrogen (secondary N) is 1. The topological polar surface area (TPSA) is 79.3 Å². The number of carboxylic acids is 1. The zero-order valence-corrected chi connectivity index (χ0v) is 13.8. The molecule has 0 saturated carbocycles. The molecule has 0 fully saturated rings. The Kier molecular flexibility index (Phi) is 5.57. The number of benzene rings is 1. The summed E-state index contributed by atoms with van der Waals surface area (Å²) in [5, 5.41) is 11.6. The number of aliphatic carboxylic acids is 1. The van der Waals surface area contributed by atoms with Gasteiger partial charge in [-0.1, -0.05) is 25.6 Å². The van der Waals surface area contributed by atoms with Crippen molar-refractivity contribution in [3.05, 3.63) is 30.4 Å². The van der Waals surface area contributed by atoms with Crippen LogP contribution in [-0.2, 0) is 9.59 Å². The Morgan fingerprint density at radius 3 is 2.91 bits per heavy atom. The molecule has 22 heavy (non-hydrogen) atoms. The molecule has 2 N–H and O–H groups in total. The molecule has 0 aliphatic rings. The number of aromatic nitrogens is 1. The first-order valence-corrected chi connectivity index (χ1v) is 8.46. The maximum atomic E-state index is 11.6. The van der Waals surface area contributed by atoms with Gasteiger partial charge >= 0.3 is 5.97 Å². The number of hydrogen-bond donors (Lipinski definition) is 2. The maximum Gasteiger partial charge on any atom is 0.328 e. The number of thioether (sulfide) groups is 1. The number of rotatable bonds is 6. The minimum Gasteiger partial charge on any atom is -0.478 e. The first-order chi connectivity index (χ1) is 10.5. The monoisotopic (exact) mass is 336 g/mol. The van der Waals surface area contributed by atoms with Crippen LogP contribution in [0.1, 0.15) is 20.3 Å². The van der Waals surface area contributed by atoms with Gasteiger partial charge in [-0.3, -0.25) is 4.79 Å². The molecule has 2 rings (SSSR count). The van der Waals surface area contributed by atoms with Crippen molar-refractivity contribution in [2.75, 3.05) is 5.32 Å². The number of carbonyl (C=O) groups excluding carboxylic acids is 1. The van der Waals surface area contributed by atoms with E-state index in [4.69, 9.17) is 5.11 Å². The molecule has 116 valence electrons. The summed E-state index contributed by atoms with van der Waals surface area (Å²) in [7, 11) is 0. The summed E-state index contributed by atoms with van der Waals surface area (Å²) in [4.78, 5) is 26.5. The smallest absolute Gasteiger partial charge is 0.328 e. The lowest BCUT2D eigenvalue weighted by Gasteiger charge is -2.02. The Morgan fingerprint density at radius 1 is 1.45 bits per heavy atom. The lowest BCUT2D eigenvalue weighted by atomic mass is 10.3. The molecule has 2 aromatic rings. The Bertz CT molecular complexity index is 725. The molecule has 1 aromatic heterocycles. The normalized spacial score (nSPS) is 12.6. The maximum absolute atomic E-state index is 11.6. The van der Waals surface area contributed by atoms with E-state index in [1.54, 1.807) is 29.2 Å². The molecular formula is C15H16N2O3S2. The number of anilines is 1. The quantitative estimate of drug-likeness (QED) is 0.620. The van der Waals surface area contributed by atoms with Gasteiger partial charge in [-0.15, -0.1) is 11.3 Å². The molecule has 0 spiro atoms. The fourth-order valence-corrected chi connectivity index (χ4v) is 3.97. The summed E-state index contributed by atoms with van der Waals surface area (Å²) in [6.07, 6.45) is 2.88. The van der Waals surface area contributed by atoms with Gasteiger partial charge < -0.3 is 10.4 Å². The second-order valence-electron chi connectivity index (χ2n) is 4.66. The number of carbonyl (C=O) groups is 2. The Balaban J connectivity index is 2.13. The van der Waals surface area contributed by atoms with Crippen LogP contribution in [0.2, 0.25) is 0 Å². The molecule has 0 aliphatic carbocycles. The van der Waals surface area contributed by atoms with Crippen LogP contribution >= 0.6 is 23.1 Å². The first-order valence-electron chi connectivity index (χ1n) is 6.77. The van der Waals surface area contributed by atoms with Gasteiger partial charge in [0, 0.05) is 23.1 Å². The lowest BCUT2D eigenvalue weighted by Crippen LogP contribution is -2.08. The van der Waals surface area contributed by atoms with Gasteiger partial charge in [0.25, 0.3) is 0 Å². The number of thiazole rings is 1. The lowest BCUT2D eigenvalue weighted by molar-refractivity contribution is -0.131. The fraction of sp³-hybridized carbons (Fsp3) is 0.267. The van der Waals surface area contributed by atoms with E-state index >= 15 is 0 Å². The summed E-state index contributed by atoms with van der Waals surface area (Å²) in [6.45, 7) is 4.31. The van der Waals surface area contributed by atoms with E-state index in [0.29, 0.717) is 10.9 Å². The molecule has 1 amide bonds. The number of amides is 1. The average Bonchev–Trinajstić information content (AvgIpc) is 2.86. The van der Waals surface area contributed by atoms with E-state index in [9.17, 15) is 9.59 Å². The molecule has 0 unspecified atom stereocenters. The Hall–Kier alpha value is -1.86. The van der Waals surface area contributed by atoms with Gasteiger partial charge in [-0.25, -0.2) is 9.78 Å². The van der Waals surface area contributed by atoms with Crippen molar-refractivity contribution in [1.29, 1.82) is 0 Å². The molecule has 0 radical (unpaired) electrons. The molecular weight excluding hydrogens is 320 g/mol. The number of fused-ring (bicyclic) bond motifs is 1. The van der Waals surface area contributed by atoms with Crippen molar-refractivity contribution in [2.24, 2.45) is 0 Å². The number of hydrogen-bond acceptors (Lipinski definition) is 5. The van der Waals surface area contributed by atoms with Gasteiger partial charge in [0.1, 0.15) is 0 Å². The molecule has 0 aliphatic heterocycles. The van der Waals surface area contributed by atoms with Crippen LogP contribution in [0.25, 0.3) is 10.2 Å². The van der Waals surface area contributed by atoms with Crippen LogP contribution < -0.4 is 5.32 Å². The van der Waals surface area contributed by atoms with E-state index < -0.39 is 11.9 Å². The molecule has 0 saturated heterocycles. The molecule has 1 aromatic carbocycles. The highest BCUT2D eigenvalue weighted by atomic mass is 32.2. The van der Waals surface area contributed by atoms with Crippen molar-refractivity contribution < 1.29 is 14.7 Å². The zero-order chi connectivity index (χ0) is 16.1. The summed E-state index contributed by atoms with van der Waals surface area (Å²) in [6, 6.07) is 5.45. The third kappa shape index (κ3) is 4.57. The van der Waals surface area contributed by atoms with E-state index in [1.807, 2.05) is 12.1 Å². The molecule has 7 heteroatoms. The third-order valence-corrected chi connectivity index (χ3v) is 5.27. The second kappa shape index (κ2) is 7.42. The fourth-order valence-electron chi connectivity index (χ4n) is 1.62. The van der Waals surface area contributed by atoms with Crippen molar-refractivity contribution in [3.8, 4) is 0 Å². The molecule has 0 bridgehead atoms. The van der Waals surface area contributed by atoms with E-state index in [1.165, 1.54) is 0 Å². The minimum atomic E-state index is -1.15. The standard InChI is InChI=1S/C15H16N2O3S2/c1-3-9(2)21-15-17-11-5-4-10(8-12(11)22-15)16-13(18)6-7-14(19)20/h4-9H,3H2,1-2H3,(H,16,18)(H,19,20)/b7-6-/t9-/m0/s1. The van der Waals surface area contributed by atoms with Crippen LogP contribution in [0.4, 0.5) is 5.69 Å². The minimum absolute atomic E-state index is 0.472. The Labute approximate surface area is 136 Å². The summed E-state index contributed by atoms with van der Waals surface area (Å²) < 4.78 is 2.00. The molecule has 1 heterocycles. The van der Waals surface area contributed by atoms with Crippen molar-refractivity contribution in [3.63, 3.8) is 0 Å². The zero-order valence-electron chi connectivity index (χ0n) is 12.2.